The van der Waals surface area contributed by atoms with Gasteiger partial charge in [0.1, 0.15) is 6.61 Å². The number of morpholine rings is 1. The summed E-state index contributed by atoms with van der Waals surface area (Å²) in [5, 5.41) is 2.69. The average Bonchev–Trinajstić information content (AvgIpc) is 3.44. The smallest absolute Gasteiger partial charge is 0.418 e. The molecule has 2 aromatic rings. The lowest BCUT2D eigenvalue weighted by Gasteiger charge is -2.42. The number of nitrogens with one attached hydrogen (secondary N) is 1. The van der Waals surface area contributed by atoms with E-state index in [1.165, 1.54) is 11.0 Å². The first-order valence-electron chi connectivity index (χ1n) is 22.1. The first-order chi connectivity index (χ1) is 29.8. The van der Waals surface area contributed by atoms with E-state index in [4.69, 9.17) is 31.5 Å². The maximum Gasteiger partial charge on any atom is 0.418 e. The van der Waals surface area contributed by atoms with Gasteiger partial charge in [0, 0.05) is 83.0 Å². The zero-order valence-corrected chi connectivity index (χ0v) is 36.0. The van der Waals surface area contributed by atoms with E-state index in [1.54, 1.807) is 9.80 Å². The molecule has 0 spiro atoms. The standard InChI is InChI=1S/C44H59ClF3N7O7/c45-36-28-31(27-35(40(36)49)44(46,47)48)29-38(62-43(59)54-18-12-34(13-19-54)55-20-9-32-3-1-2-4-37(32)50-42(55)58)41(57)53-16-10-33(11-17-53)52-14-7-30(8-15-52)5-6-39(56)61-26-23-51-21-24-60-25-22-51/h1-4,27-28,30,33-34,38H,5-26,29,49H2,(H,50,58)/t38-/m1/s1. The number of alkyl halides is 3. The van der Waals surface area contributed by atoms with Gasteiger partial charge in [-0.1, -0.05) is 29.8 Å². The molecule has 0 aliphatic carbocycles. The van der Waals surface area contributed by atoms with Gasteiger partial charge in [0.25, 0.3) is 5.91 Å². The number of nitrogen functional groups attached to an aromatic ring is 1. The normalized spacial score (nSPS) is 20.9. The van der Waals surface area contributed by atoms with Crippen molar-refractivity contribution in [2.45, 2.75) is 88.6 Å². The summed E-state index contributed by atoms with van der Waals surface area (Å²) in [6, 6.07) is 9.75. The summed E-state index contributed by atoms with van der Waals surface area (Å²) in [4.78, 5) is 63.1. The van der Waals surface area contributed by atoms with Crippen LogP contribution in [-0.2, 0) is 42.8 Å². The van der Waals surface area contributed by atoms with Gasteiger partial charge in [-0.3, -0.25) is 14.5 Å². The number of carbonyl (C=O) groups excluding carboxylic acids is 4. The first kappa shape index (κ1) is 45.7. The van der Waals surface area contributed by atoms with Crippen LogP contribution in [0.1, 0.15) is 68.1 Å². The summed E-state index contributed by atoms with van der Waals surface area (Å²) in [6.45, 7) is 7.91. The molecule has 5 aliphatic heterocycles. The van der Waals surface area contributed by atoms with Crippen LogP contribution >= 0.6 is 11.6 Å². The molecule has 4 amide bonds. The van der Waals surface area contributed by atoms with Crippen LogP contribution in [0.25, 0.3) is 0 Å². The summed E-state index contributed by atoms with van der Waals surface area (Å²) in [5.41, 5.74) is 5.87. The lowest BCUT2D eigenvalue weighted by Crippen LogP contribution is -2.53. The quantitative estimate of drug-likeness (QED) is 0.195. The molecular weight excluding hydrogens is 831 g/mol. The molecule has 0 radical (unpaired) electrons. The monoisotopic (exact) mass is 889 g/mol. The Morgan fingerprint density at radius 3 is 2.27 bits per heavy atom. The molecule has 0 saturated carbocycles. The van der Waals surface area contributed by atoms with Gasteiger partial charge in [-0.2, -0.15) is 13.2 Å². The van der Waals surface area contributed by atoms with Crippen LogP contribution in [0, 0.1) is 5.92 Å². The minimum Gasteiger partial charge on any atom is -0.464 e. The fraction of sp³-hybridized carbons (Fsp3) is 0.636. The van der Waals surface area contributed by atoms with E-state index in [0.29, 0.717) is 83.9 Å². The summed E-state index contributed by atoms with van der Waals surface area (Å²) >= 11 is 6.16. The van der Waals surface area contributed by atoms with E-state index in [-0.39, 0.29) is 54.2 Å². The number of fused-ring (bicyclic) bond motifs is 1. The maximum absolute atomic E-state index is 14.2. The second kappa shape index (κ2) is 20.9. The van der Waals surface area contributed by atoms with Crippen molar-refractivity contribution in [2.24, 2.45) is 5.92 Å². The molecule has 14 nitrogen and oxygen atoms in total. The number of nitrogens with zero attached hydrogens (tertiary/aromatic N) is 5. The molecule has 18 heteroatoms. The molecule has 0 aromatic heterocycles. The second-order valence-corrected chi connectivity index (χ2v) is 17.5. The van der Waals surface area contributed by atoms with Gasteiger partial charge in [0.05, 0.1) is 29.5 Å². The average molecular weight is 890 g/mol. The van der Waals surface area contributed by atoms with Crippen LogP contribution < -0.4 is 11.1 Å². The highest BCUT2D eigenvalue weighted by atomic mass is 35.5. The fourth-order valence-electron chi connectivity index (χ4n) is 9.48. The van der Waals surface area contributed by atoms with E-state index in [1.807, 2.05) is 24.3 Å². The summed E-state index contributed by atoms with van der Waals surface area (Å²) in [7, 11) is 0. The Kier molecular flexibility index (Phi) is 15.4. The molecule has 0 bridgehead atoms. The largest absolute Gasteiger partial charge is 0.464 e. The number of halogens is 4. The topological polar surface area (TPSA) is 150 Å². The lowest BCUT2D eigenvalue weighted by molar-refractivity contribution is -0.145. The predicted molar refractivity (Wildman–Crippen MR) is 227 cm³/mol. The number of esters is 1. The van der Waals surface area contributed by atoms with Crippen molar-refractivity contribution in [3.8, 4) is 0 Å². The molecule has 4 saturated heterocycles. The van der Waals surface area contributed by atoms with Gasteiger partial charge >= 0.3 is 24.3 Å². The molecule has 3 N–H and O–H groups in total. The van der Waals surface area contributed by atoms with Crippen molar-refractivity contribution in [3.63, 3.8) is 0 Å². The highest BCUT2D eigenvalue weighted by Crippen LogP contribution is 2.38. The summed E-state index contributed by atoms with van der Waals surface area (Å²) < 4.78 is 58.6. The van der Waals surface area contributed by atoms with Crippen molar-refractivity contribution < 1.29 is 46.6 Å². The number of nitrogens with two attached hydrogens (primary N) is 1. The van der Waals surface area contributed by atoms with Gasteiger partial charge in [-0.05, 0) is 99.7 Å². The van der Waals surface area contributed by atoms with Crippen LogP contribution in [0.4, 0.5) is 34.1 Å². The van der Waals surface area contributed by atoms with Crippen LogP contribution in [0.2, 0.25) is 5.02 Å². The van der Waals surface area contributed by atoms with Crippen LogP contribution in [-0.4, -0.2) is 152 Å². The fourth-order valence-corrected chi connectivity index (χ4v) is 9.73. The first-order valence-corrected chi connectivity index (χ1v) is 22.4. The molecular formula is C44H59ClF3N7O7. The van der Waals surface area contributed by atoms with E-state index in [9.17, 15) is 32.3 Å². The summed E-state index contributed by atoms with van der Waals surface area (Å²) in [6.07, 6.45) is -1.05. The van der Waals surface area contributed by atoms with Gasteiger partial charge < -0.3 is 44.9 Å². The Morgan fingerprint density at radius 2 is 1.56 bits per heavy atom. The molecule has 340 valence electrons. The molecule has 0 unspecified atom stereocenters. The maximum atomic E-state index is 14.2. The van der Waals surface area contributed by atoms with Crippen molar-refractivity contribution in [1.29, 1.82) is 0 Å². The third kappa shape index (κ3) is 11.8. The number of para-hydroxylation sites is 1. The van der Waals surface area contributed by atoms with Gasteiger partial charge in [-0.25, -0.2) is 9.59 Å². The number of benzene rings is 2. The number of carbonyl (C=O) groups is 4. The molecule has 5 heterocycles. The molecule has 4 fully saturated rings. The Balaban J connectivity index is 0.911. The number of urea groups is 1. The van der Waals surface area contributed by atoms with Crippen LogP contribution in [0.5, 0.6) is 0 Å². The number of likely N-dealkylation sites (tertiary alicyclic amines) is 3. The van der Waals surface area contributed by atoms with Crippen LogP contribution in [0.15, 0.2) is 36.4 Å². The molecule has 7 rings (SSSR count). The SMILES string of the molecule is Nc1c(Cl)cc(C[C@@H](OC(=O)N2CCC(N3CCc4ccccc4NC3=O)CC2)C(=O)N2CCC(N3CCC(CCC(=O)OCCN4CCOCC4)CC3)CC2)cc1C(F)(F)F. The molecule has 2 aromatic carbocycles. The number of amides is 4. The van der Waals surface area contributed by atoms with E-state index >= 15 is 0 Å². The Morgan fingerprint density at radius 1 is 0.887 bits per heavy atom. The van der Waals surface area contributed by atoms with Gasteiger partial charge in [-0.15, -0.1) is 0 Å². The third-order valence-electron chi connectivity index (χ3n) is 13.2. The van der Waals surface area contributed by atoms with Crippen LogP contribution in [0.3, 0.4) is 0 Å². The van der Waals surface area contributed by atoms with Crippen molar-refractivity contribution >= 4 is 47.0 Å². The Bertz CT molecular complexity index is 1880. The van der Waals surface area contributed by atoms with Gasteiger partial charge in [0.2, 0.25) is 0 Å². The number of rotatable bonds is 12. The highest BCUT2D eigenvalue weighted by molar-refractivity contribution is 6.33. The number of hydrogen-bond donors (Lipinski definition) is 2. The zero-order chi connectivity index (χ0) is 43.8. The van der Waals surface area contributed by atoms with Crippen molar-refractivity contribution in [1.82, 2.24) is 24.5 Å². The number of anilines is 2. The highest BCUT2D eigenvalue weighted by Gasteiger charge is 2.39. The lowest BCUT2D eigenvalue weighted by atomic mass is 9.90. The zero-order valence-electron chi connectivity index (χ0n) is 35.2. The molecule has 62 heavy (non-hydrogen) atoms. The van der Waals surface area contributed by atoms with E-state index in [2.05, 4.69) is 15.1 Å². The van der Waals surface area contributed by atoms with Gasteiger partial charge in [0.15, 0.2) is 6.10 Å². The summed E-state index contributed by atoms with van der Waals surface area (Å²) in [5.74, 6) is -0.200. The minimum atomic E-state index is -4.79. The Labute approximate surface area is 366 Å². The second-order valence-electron chi connectivity index (χ2n) is 17.1. The number of ether oxygens (including phenoxy) is 3. The molecule has 5 aliphatic rings. The third-order valence-corrected chi connectivity index (χ3v) is 13.5. The predicted octanol–water partition coefficient (Wildman–Crippen LogP) is 5.90. The van der Waals surface area contributed by atoms with E-state index < -0.39 is 35.5 Å². The number of hydrogen-bond acceptors (Lipinski definition) is 10. The van der Waals surface area contributed by atoms with E-state index in [0.717, 1.165) is 69.3 Å². The van der Waals surface area contributed by atoms with Crippen molar-refractivity contribution in [2.75, 3.05) is 96.3 Å². The minimum absolute atomic E-state index is 0.0635. The van der Waals surface area contributed by atoms with Crippen molar-refractivity contribution in [3.05, 3.63) is 58.1 Å². The number of piperidine rings is 3. The molecule has 1 atom stereocenters. The Hall–Kier alpha value is -4.32.